The van der Waals surface area contributed by atoms with Crippen molar-refractivity contribution in [1.29, 1.82) is 0 Å². The molecule has 0 saturated carbocycles. The van der Waals surface area contributed by atoms with E-state index in [0.717, 1.165) is 38.0 Å². The van der Waals surface area contributed by atoms with Gasteiger partial charge in [-0.05, 0) is 44.0 Å². The third-order valence-corrected chi connectivity index (χ3v) is 5.21. The minimum Gasteiger partial charge on any atom is -0.379 e. The van der Waals surface area contributed by atoms with Gasteiger partial charge >= 0.3 is 0 Å². The molecule has 2 aliphatic rings. The maximum atomic E-state index is 13.3. The maximum Gasteiger partial charge on any atom is 0.223 e. The first-order chi connectivity index (χ1) is 12.1. The first-order valence-electron chi connectivity index (χ1n) is 9.22. The molecule has 0 radical (unpaired) electrons. The fraction of sp³-hybridized carbons (Fsp3) is 0.632. The van der Waals surface area contributed by atoms with Crippen LogP contribution >= 0.6 is 0 Å². The lowest BCUT2D eigenvalue weighted by Crippen LogP contribution is -2.46. The van der Waals surface area contributed by atoms with Gasteiger partial charge in [-0.1, -0.05) is 12.1 Å². The monoisotopic (exact) mass is 349 g/mol. The molecule has 1 unspecified atom stereocenters. The molecule has 1 amide bonds. The molecule has 0 bridgehead atoms. The van der Waals surface area contributed by atoms with E-state index in [1.54, 1.807) is 0 Å². The minimum absolute atomic E-state index is 0.0487. The Morgan fingerprint density at radius 2 is 2.08 bits per heavy atom. The number of morpholine rings is 1. The number of carbonyl (C=O) groups is 1. The minimum atomic E-state index is -0.239. The van der Waals surface area contributed by atoms with Crippen LogP contribution in [0.2, 0.25) is 0 Å². The highest BCUT2D eigenvalue weighted by molar-refractivity contribution is 5.78. The number of halogens is 1. The lowest BCUT2D eigenvalue weighted by molar-refractivity contribution is -0.126. The molecule has 138 valence electrons. The molecular formula is C19H28FN3O2. The van der Waals surface area contributed by atoms with Gasteiger partial charge in [-0.3, -0.25) is 9.69 Å². The second-order valence-electron chi connectivity index (χ2n) is 7.04. The second kappa shape index (κ2) is 8.74. The van der Waals surface area contributed by atoms with Crippen LogP contribution in [0.1, 0.15) is 31.4 Å². The number of nitrogens with one attached hydrogen (secondary N) is 2. The van der Waals surface area contributed by atoms with E-state index >= 15 is 0 Å². The summed E-state index contributed by atoms with van der Waals surface area (Å²) in [5.41, 5.74) is 1.03. The van der Waals surface area contributed by atoms with Gasteiger partial charge in [0, 0.05) is 31.6 Å². The molecule has 2 saturated heterocycles. The smallest absolute Gasteiger partial charge is 0.223 e. The molecule has 2 aliphatic heterocycles. The Hall–Kier alpha value is -1.50. The Labute approximate surface area is 148 Å². The van der Waals surface area contributed by atoms with Crippen LogP contribution in [0.15, 0.2) is 24.3 Å². The van der Waals surface area contributed by atoms with Crippen molar-refractivity contribution in [2.75, 3.05) is 39.4 Å². The van der Waals surface area contributed by atoms with E-state index in [1.165, 1.54) is 12.1 Å². The van der Waals surface area contributed by atoms with Gasteiger partial charge in [-0.15, -0.1) is 0 Å². The lowest BCUT2D eigenvalue weighted by Gasteiger charge is -2.35. The molecule has 25 heavy (non-hydrogen) atoms. The Kier molecular flexibility index (Phi) is 6.39. The van der Waals surface area contributed by atoms with Crippen LogP contribution in [0.25, 0.3) is 0 Å². The van der Waals surface area contributed by atoms with Crippen LogP contribution in [-0.4, -0.2) is 56.2 Å². The van der Waals surface area contributed by atoms with E-state index in [1.807, 2.05) is 12.1 Å². The van der Waals surface area contributed by atoms with Crippen LogP contribution < -0.4 is 10.6 Å². The molecule has 0 spiro atoms. The molecular weight excluding hydrogens is 321 g/mol. The number of amides is 1. The lowest BCUT2D eigenvalue weighted by atomic mass is 9.92. The van der Waals surface area contributed by atoms with Gasteiger partial charge in [-0.2, -0.15) is 0 Å². The fourth-order valence-corrected chi connectivity index (χ4v) is 3.74. The Bertz CT molecular complexity index is 560. The Morgan fingerprint density at radius 1 is 1.36 bits per heavy atom. The van der Waals surface area contributed by atoms with Crippen molar-refractivity contribution in [1.82, 2.24) is 15.5 Å². The number of benzene rings is 1. The summed E-state index contributed by atoms with van der Waals surface area (Å²) >= 11 is 0. The maximum absolute atomic E-state index is 13.3. The van der Waals surface area contributed by atoms with Crippen LogP contribution in [-0.2, 0) is 9.53 Å². The van der Waals surface area contributed by atoms with Crippen LogP contribution in [0.3, 0.4) is 0 Å². The summed E-state index contributed by atoms with van der Waals surface area (Å²) in [4.78, 5) is 14.9. The standard InChI is InChI=1S/C19H28FN3O2/c1-14-12-16(6-7-21-14)19(24)22-13-18(23-8-10-25-11-9-23)15-2-4-17(20)5-3-15/h2-5,14,16,18,21H,6-13H2,1H3,(H,22,24)/t14-,16-,18?/m0/s1. The van der Waals surface area contributed by atoms with E-state index < -0.39 is 0 Å². The van der Waals surface area contributed by atoms with Crippen LogP contribution in [0, 0.1) is 11.7 Å². The highest BCUT2D eigenvalue weighted by Crippen LogP contribution is 2.22. The molecule has 0 aliphatic carbocycles. The zero-order valence-corrected chi connectivity index (χ0v) is 14.8. The first-order valence-corrected chi connectivity index (χ1v) is 9.22. The average molecular weight is 349 g/mol. The molecule has 6 heteroatoms. The summed E-state index contributed by atoms with van der Waals surface area (Å²) in [6.45, 7) is 6.58. The predicted octanol–water partition coefficient (Wildman–Crippen LogP) is 1.70. The zero-order valence-electron chi connectivity index (χ0n) is 14.8. The van der Waals surface area contributed by atoms with Crippen molar-refractivity contribution in [3.05, 3.63) is 35.6 Å². The number of ether oxygens (including phenoxy) is 1. The molecule has 3 atom stereocenters. The van der Waals surface area contributed by atoms with E-state index in [9.17, 15) is 9.18 Å². The average Bonchev–Trinajstić information content (AvgIpc) is 2.64. The third-order valence-electron chi connectivity index (χ3n) is 5.21. The number of hydrogen-bond donors (Lipinski definition) is 2. The van der Waals surface area contributed by atoms with Crippen molar-refractivity contribution in [2.45, 2.75) is 31.8 Å². The van der Waals surface area contributed by atoms with Gasteiger partial charge in [0.25, 0.3) is 0 Å². The molecule has 2 fully saturated rings. The number of rotatable bonds is 5. The van der Waals surface area contributed by atoms with Gasteiger partial charge in [0.05, 0.1) is 19.3 Å². The predicted molar refractivity (Wildman–Crippen MR) is 94.7 cm³/mol. The quantitative estimate of drug-likeness (QED) is 0.850. The summed E-state index contributed by atoms with van der Waals surface area (Å²) in [7, 11) is 0. The van der Waals surface area contributed by atoms with Crippen molar-refractivity contribution >= 4 is 5.91 Å². The zero-order chi connectivity index (χ0) is 17.6. The second-order valence-corrected chi connectivity index (χ2v) is 7.04. The van der Waals surface area contributed by atoms with Gasteiger partial charge in [0.1, 0.15) is 5.82 Å². The summed E-state index contributed by atoms with van der Waals surface area (Å²) in [5, 5.41) is 6.52. The van der Waals surface area contributed by atoms with Crippen molar-refractivity contribution in [3.8, 4) is 0 Å². The van der Waals surface area contributed by atoms with Gasteiger partial charge in [0.2, 0.25) is 5.91 Å². The topological polar surface area (TPSA) is 53.6 Å². The van der Waals surface area contributed by atoms with Gasteiger partial charge < -0.3 is 15.4 Å². The van der Waals surface area contributed by atoms with E-state index in [4.69, 9.17) is 4.74 Å². The fourth-order valence-electron chi connectivity index (χ4n) is 3.74. The Balaban J connectivity index is 1.64. The summed E-state index contributed by atoms with van der Waals surface area (Å²) in [6.07, 6.45) is 1.76. The highest BCUT2D eigenvalue weighted by atomic mass is 19.1. The van der Waals surface area contributed by atoms with Crippen molar-refractivity contribution < 1.29 is 13.9 Å². The van der Waals surface area contributed by atoms with Crippen molar-refractivity contribution in [2.24, 2.45) is 5.92 Å². The summed E-state index contributed by atoms with van der Waals surface area (Å²) in [5.74, 6) is -0.0271. The van der Waals surface area contributed by atoms with Crippen LogP contribution in [0.5, 0.6) is 0 Å². The van der Waals surface area contributed by atoms with Crippen LogP contribution in [0.4, 0.5) is 4.39 Å². The van der Waals surface area contributed by atoms with E-state index in [0.29, 0.717) is 25.8 Å². The van der Waals surface area contributed by atoms with E-state index in [-0.39, 0.29) is 23.7 Å². The number of hydrogen-bond acceptors (Lipinski definition) is 4. The highest BCUT2D eigenvalue weighted by Gasteiger charge is 2.27. The number of piperidine rings is 1. The largest absolute Gasteiger partial charge is 0.379 e. The molecule has 2 heterocycles. The Morgan fingerprint density at radius 3 is 2.76 bits per heavy atom. The molecule has 5 nitrogen and oxygen atoms in total. The van der Waals surface area contributed by atoms with Gasteiger partial charge in [0.15, 0.2) is 0 Å². The normalized spacial score (nSPS) is 26.2. The SMILES string of the molecule is C[C@H]1C[C@@H](C(=O)NCC(c2ccc(F)cc2)N2CCOCC2)CCN1. The van der Waals surface area contributed by atoms with Crippen molar-refractivity contribution in [3.63, 3.8) is 0 Å². The molecule has 1 aromatic rings. The van der Waals surface area contributed by atoms with Gasteiger partial charge in [-0.25, -0.2) is 4.39 Å². The third kappa shape index (κ3) is 5.00. The number of carbonyl (C=O) groups excluding carboxylic acids is 1. The molecule has 1 aromatic carbocycles. The summed E-state index contributed by atoms with van der Waals surface area (Å²) < 4.78 is 18.7. The first kappa shape index (κ1) is 18.3. The number of nitrogens with zero attached hydrogens (tertiary/aromatic N) is 1. The molecule has 3 rings (SSSR count). The molecule has 2 N–H and O–H groups in total. The molecule has 0 aromatic heterocycles. The summed E-state index contributed by atoms with van der Waals surface area (Å²) in [6, 6.07) is 7.03. The van der Waals surface area contributed by atoms with E-state index in [2.05, 4.69) is 22.5 Å².